The quantitative estimate of drug-likeness (QED) is 0.349. The molecule has 4 heavy (non-hydrogen) atoms. The normalized spacial score (nSPS) is 5.25. The maximum absolute atomic E-state index is 8.93. The molecule has 1 amide bonds. The Labute approximate surface area is 30.4 Å². The molecular weight excluding hydrogens is 77.5 g/mol. The highest BCUT2D eigenvalue weighted by Gasteiger charge is 1.47. The van der Waals surface area contributed by atoms with E-state index in [4.69, 9.17) is 4.79 Å². The molecule has 1 N–H and O–H groups in total. The topological polar surface area (TPSA) is 29.1 Å². The summed E-state index contributed by atoms with van der Waals surface area (Å²) in [5.41, 5.74) is 0. The predicted octanol–water partition coefficient (Wildman–Crippen LogP) is -0.00130. The molecular formula is CH3ClNO+. The third-order valence-electron chi connectivity index (χ3n) is 0.0445. The average molecular weight is 80.5 g/mol. The minimum Gasteiger partial charge on any atom is -0.278 e. The van der Waals surface area contributed by atoms with Gasteiger partial charge in [0.2, 0.25) is 6.41 Å². The second-order valence-corrected chi connectivity index (χ2v) is 0.445. The van der Waals surface area contributed by atoms with Crippen LogP contribution in [0.3, 0.4) is 0 Å². The van der Waals surface area contributed by atoms with Gasteiger partial charge in [-0.15, -0.1) is 0 Å². The maximum Gasteiger partial charge on any atom is 1.00 e. The van der Waals surface area contributed by atoms with E-state index in [1.165, 1.54) is 0 Å². The Morgan fingerprint density at radius 1 is 2.25 bits per heavy atom. The molecule has 0 rings (SSSR count). The summed E-state index contributed by atoms with van der Waals surface area (Å²) in [7, 11) is 0. The molecule has 0 heterocycles. The second-order valence-electron chi connectivity index (χ2n) is 0.227. The van der Waals surface area contributed by atoms with Crippen molar-refractivity contribution < 1.29 is 6.22 Å². The van der Waals surface area contributed by atoms with E-state index < -0.39 is 0 Å². The van der Waals surface area contributed by atoms with Crippen molar-refractivity contribution in [1.29, 1.82) is 0 Å². The van der Waals surface area contributed by atoms with Gasteiger partial charge in [-0.1, -0.05) is 0 Å². The van der Waals surface area contributed by atoms with E-state index in [0.29, 0.717) is 6.41 Å². The summed E-state index contributed by atoms with van der Waals surface area (Å²) in [5, 5.41) is 0. The summed E-state index contributed by atoms with van der Waals surface area (Å²) in [6.45, 7) is 0. The zero-order valence-electron chi connectivity index (χ0n) is 2.86. The number of nitrogens with one attached hydrogen (secondary N) is 1. The lowest BCUT2D eigenvalue weighted by Gasteiger charge is -1.59. The van der Waals surface area contributed by atoms with Gasteiger partial charge >= 0.3 is 1.43 Å². The van der Waals surface area contributed by atoms with Gasteiger partial charge in [0, 0.05) is 11.8 Å². The van der Waals surface area contributed by atoms with Crippen molar-refractivity contribution in [3.8, 4) is 0 Å². The lowest BCUT2D eigenvalue weighted by Crippen LogP contribution is -1.87. The number of amides is 1. The van der Waals surface area contributed by atoms with Crippen LogP contribution in [0.15, 0.2) is 0 Å². The van der Waals surface area contributed by atoms with Gasteiger partial charge in [0.25, 0.3) is 0 Å². The summed E-state index contributed by atoms with van der Waals surface area (Å²) in [4.78, 5) is 10.7. The van der Waals surface area contributed by atoms with Crippen LogP contribution >= 0.6 is 11.8 Å². The number of carbonyl (C=O) groups is 1. The molecule has 0 aliphatic rings. The lowest BCUT2D eigenvalue weighted by molar-refractivity contribution is -0.108. The van der Waals surface area contributed by atoms with E-state index in [9.17, 15) is 0 Å². The van der Waals surface area contributed by atoms with Gasteiger partial charge in [-0.2, -0.15) is 0 Å². The molecule has 0 saturated carbocycles. The van der Waals surface area contributed by atoms with Crippen molar-refractivity contribution in [3.05, 3.63) is 0 Å². The number of hydrogen-bond donors (Lipinski definition) is 1. The van der Waals surface area contributed by atoms with Gasteiger partial charge in [-0.05, 0) is 0 Å². The van der Waals surface area contributed by atoms with E-state index in [1.807, 2.05) is 0 Å². The molecule has 24 valence electrons. The monoisotopic (exact) mass is 80.0 g/mol. The maximum atomic E-state index is 8.93. The van der Waals surface area contributed by atoms with Gasteiger partial charge in [0.15, 0.2) is 0 Å². The van der Waals surface area contributed by atoms with Gasteiger partial charge in [-0.3, -0.25) is 9.63 Å². The number of rotatable bonds is 1. The molecule has 0 atom stereocenters. The first-order chi connectivity index (χ1) is 1.91. The van der Waals surface area contributed by atoms with Crippen LogP contribution in [-0.2, 0) is 4.79 Å². The van der Waals surface area contributed by atoms with Crippen LogP contribution in [0.1, 0.15) is 1.43 Å². The average Bonchev–Trinajstić information content (AvgIpc) is 1.37. The fraction of sp³-hybridized carbons (Fsp3) is 0. The van der Waals surface area contributed by atoms with E-state index in [1.54, 1.807) is 4.84 Å². The molecule has 3 heteroatoms. The third-order valence-corrected chi connectivity index (χ3v) is 0.134. The molecule has 0 unspecified atom stereocenters. The van der Waals surface area contributed by atoms with Crippen molar-refractivity contribution >= 4 is 18.2 Å². The first-order valence-electron chi connectivity index (χ1n) is 0.713. The van der Waals surface area contributed by atoms with E-state index >= 15 is 0 Å². The van der Waals surface area contributed by atoms with E-state index in [2.05, 4.69) is 11.8 Å². The molecule has 0 radical (unpaired) electrons. The smallest absolute Gasteiger partial charge is 0.278 e. The molecule has 0 aromatic carbocycles. The van der Waals surface area contributed by atoms with Crippen LogP contribution in [0, 0.1) is 0 Å². The van der Waals surface area contributed by atoms with Crippen LogP contribution in [0.2, 0.25) is 0 Å². The molecule has 0 bridgehead atoms. The molecule has 2 nitrogen and oxygen atoms in total. The molecule has 0 fully saturated rings. The fourth-order valence-corrected chi connectivity index (χ4v) is 0. The predicted molar refractivity (Wildman–Crippen MR) is 16.2 cm³/mol. The SMILES string of the molecule is O=CNCl.[H+]. The van der Waals surface area contributed by atoms with Gasteiger partial charge in [-0.25, -0.2) is 0 Å². The third kappa shape index (κ3) is 1.76. The molecule has 0 aliphatic carbocycles. The van der Waals surface area contributed by atoms with Crippen molar-refractivity contribution in [2.45, 2.75) is 0 Å². The second kappa shape index (κ2) is 2.76. The van der Waals surface area contributed by atoms with Crippen molar-refractivity contribution in [2.24, 2.45) is 0 Å². The van der Waals surface area contributed by atoms with Crippen LogP contribution in [0.4, 0.5) is 0 Å². The molecule has 0 spiro atoms. The Morgan fingerprint density at radius 2 is 2.50 bits per heavy atom. The first kappa shape index (κ1) is 3.76. The summed E-state index contributed by atoms with van der Waals surface area (Å²) < 4.78 is 0. The lowest BCUT2D eigenvalue weighted by atomic mass is 11.5. The fourth-order valence-electron chi connectivity index (χ4n) is 0. The minimum absolute atomic E-state index is 0. The van der Waals surface area contributed by atoms with Gasteiger partial charge < -0.3 is 0 Å². The molecule has 0 saturated heterocycles. The molecule has 0 aliphatic heterocycles. The van der Waals surface area contributed by atoms with Gasteiger partial charge in [0.05, 0.1) is 0 Å². The Morgan fingerprint density at radius 3 is 2.50 bits per heavy atom. The zero-order valence-corrected chi connectivity index (χ0v) is 2.62. The Hall–Kier alpha value is -0.240. The van der Waals surface area contributed by atoms with Gasteiger partial charge in [0.1, 0.15) is 0 Å². The number of hydrogen-bond acceptors (Lipinski definition) is 1. The summed E-state index contributed by atoms with van der Waals surface area (Å²) in [6.07, 6.45) is 0.390. The highest BCUT2D eigenvalue weighted by Crippen LogP contribution is 1.41. The Kier molecular flexibility index (Phi) is 2.59. The van der Waals surface area contributed by atoms with Crippen LogP contribution in [-0.4, -0.2) is 6.41 Å². The molecule has 0 aromatic heterocycles. The highest BCUT2D eigenvalue weighted by molar-refractivity contribution is 6.18. The largest absolute Gasteiger partial charge is 1.00 e. The summed E-state index contributed by atoms with van der Waals surface area (Å²) >= 11 is 4.57. The summed E-state index contributed by atoms with van der Waals surface area (Å²) in [5.74, 6) is 0. The van der Waals surface area contributed by atoms with Crippen LogP contribution < -0.4 is 4.84 Å². The minimum atomic E-state index is 0. The van der Waals surface area contributed by atoms with Crippen molar-refractivity contribution in [1.82, 2.24) is 4.84 Å². The Balaban J connectivity index is 0. The van der Waals surface area contributed by atoms with E-state index in [-0.39, 0.29) is 1.43 Å². The Bertz CT molecular complexity index is 25.6. The first-order valence-corrected chi connectivity index (χ1v) is 1.09. The zero-order chi connectivity index (χ0) is 3.41. The van der Waals surface area contributed by atoms with Crippen LogP contribution in [0.25, 0.3) is 0 Å². The molecule has 0 aromatic rings. The standard InChI is InChI=1S/CH2ClNO/c2-3-1-4/h1H,(H,3,4)/p+1. The number of carbonyl (C=O) groups excluding carboxylic acids is 1. The van der Waals surface area contributed by atoms with Crippen molar-refractivity contribution in [2.75, 3.05) is 0 Å². The highest BCUT2D eigenvalue weighted by atomic mass is 35.5. The van der Waals surface area contributed by atoms with Crippen molar-refractivity contribution in [3.63, 3.8) is 0 Å². The van der Waals surface area contributed by atoms with Crippen LogP contribution in [0.5, 0.6) is 0 Å². The van der Waals surface area contributed by atoms with E-state index in [0.717, 1.165) is 0 Å². The number of halogens is 1. The summed E-state index contributed by atoms with van der Waals surface area (Å²) in [6, 6.07) is 0.